The number of amides is 1. The molecule has 3 nitrogen and oxygen atoms in total. The first-order chi connectivity index (χ1) is 9.63. The third-order valence-corrected chi connectivity index (χ3v) is 5.54. The van der Waals surface area contributed by atoms with Crippen molar-refractivity contribution in [1.29, 1.82) is 0 Å². The van der Waals surface area contributed by atoms with E-state index in [0.717, 1.165) is 12.1 Å². The highest BCUT2D eigenvalue weighted by Gasteiger charge is 2.31. The average Bonchev–Trinajstić information content (AvgIpc) is 2.46. The molecule has 0 radical (unpaired) electrons. The van der Waals surface area contributed by atoms with Gasteiger partial charge in [-0.2, -0.15) is 11.8 Å². The molecule has 0 aromatic heterocycles. The van der Waals surface area contributed by atoms with Crippen LogP contribution in [0.1, 0.15) is 37.7 Å². The van der Waals surface area contributed by atoms with Crippen molar-refractivity contribution in [3.05, 3.63) is 29.8 Å². The lowest BCUT2D eigenvalue weighted by Gasteiger charge is -2.35. The maximum atomic E-state index is 12.1. The van der Waals surface area contributed by atoms with E-state index in [2.05, 4.69) is 11.6 Å². The molecule has 110 valence electrons. The van der Waals surface area contributed by atoms with Crippen LogP contribution in [0.4, 0.5) is 5.69 Å². The van der Waals surface area contributed by atoms with Gasteiger partial charge >= 0.3 is 0 Å². The van der Waals surface area contributed by atoms with Crippen LogP contribution in [-0.4, -0.2) is 23.5 Å². The molecule has 0 spiro atoms. The Morgan fingerprint density at radius 2 is 2.10 bits per heavy atom. The summed E-state index contributed by atoms with van der Waals surface area (Å²) in [6.45, 7) is 0.787. The van der Waals surface area contributed by atoms with Gasteiger partial charge in [0.15, 0.2) is 0 Å². The lowest BCUT2D eigenvalue weighted by Crippen LogP contribution is -2.42. The molecule has 1 saturated carbocycles. The highest BCUT2D eigenvalue weighted by molar-refractivity contribution is 8.00. The van der Waals surface area contributed by atoms with E-state index in [9.17, 15) is 4.79 Å². The Balaban J connectivity index is 1.85. The van der Waals surface area contributed by atoms with Crippen molar-refractivity contribution in [2.24, 2.45) is 0 Å². The summed E-state index contributed by atoms with van der Waals surface area (Å²) in [5, 5.41) is 3.11. The molecular weight excluding hydrogens is 268 g/mol. The van der Waals surface area contributed by atoms with Gasteiger partial charge in [-0.3, -0.25) is 4.79 Å². The second kappa shape index (κ2) is 7.02. The average molecular weight is 292 g/mol. The minimum absolute atomic E-state index is 0.0922. The van der Waals surface area contributed by atoms with Crippen LogP contribution in [0.25, 0.3) is 0 Å². The molecule has 1 amide bonds. The predicted octanol–water partition coefficient (Wildman–Crippen LogP) is 2.99. The van der Waals surface area contributed by atoms with Crippen LogP contribution in [0.15, 0.2) is 24.3 Å². The number of thioether (sulfide) groups is 1. The summed E-state index contributed by atoms with van der Waals surface area (Å²) in [4.78, 5) is 12.1. The lowest BCUT2D eigenvalue weighted by atomic mass is 9.88. The number of anilines is 1. The van der Waals surface area contributed by atoms with E-state index in [0.29, 0.717) is 12.1 Å². The fourth-order valence-corrected chi connectivity index (χ4v) is 3.77. The summed E-state index contributed by atoms with van der Waals surface area (Å²) < 4.78 is 0.254. The van der Waals surface area contributed by atoms with Crippen molar-refractivity contribution >= 4 is 23.4 Å². The number of rotatable bonds is 5. The molecule has 0 unspecified atom stereocenters. The third-order valence-electron chi connectivity index (χ3n) is 4.12. The number of hydrogen-bond donors (Lipinski definition) is 2. The van der Waals surface area contributed by atoms with Gasteiger partial charge in [0, 0.05) is 17.0 Å². The molecule has 1 fully saturated rings. The molecule has 0 bridgehead atoms. The molecule has 3 N–H and O–H groups in total. The Bertz CT molecular complexity index is 456. The topological polar surface area (TPSA) is 55.1 Å². The smallest absolute Gasteiger partial charge is 0.224 e. The summed E-state index contributed by atoms with van der Waals surface area (Å²) in [5.74, 6) is 0.0922. The number of nitrogens with one attached hydrogen (secondary N) is 1. The second-order valence-corrected chi connectivity index (χ2v) is 6.92. The molecule has 0 saturated heterocycles. The normalized spacial score (nSPS) is 17.6. The first-order valence-corrected chi connectivity index (χ1v) is 8.52. The first-order valence-electron chi connectivity index (χ1n) is 7.30. The highest BCUT2D eigenvalue weighted by Crippen LogP contribution is 2.37. The number of carbonyl (C=O) groups excluding carboxylic acids is 1. The lowest BCUT2D eigenvalue weighted by molar-refractivity contribution is -0.120. The van der Waals surface area contributed by atoms with Gasteiger partial charge in [-0.15, -0.1) is 0 Å². The zero-order chi connectivity index (χ0) is 14.4. The van der Waals surface area contributed by atoms with Crippen molar-refractivity contribution in [3.8, 4) is 0 Å². The van der Waals surface area contributed by atoms with Gasteiger partial charge in [0.2, 0.25) is 5.91 Å². The Morgan fingerprint density at radius 3 is 2.75 bits per heavy atom. The molecular formula is C16H24N2OS. The predicted molar refractivity (Wildman–Crippen MR) is 86.9 cm³/mol. The standard InChI is InChI=1S/C16H24N2OS/c1-20-16(8-3-2-4-9-16)12-18-15(19)11-13-6-5-7-14(17)10-13/h5-7,10H,2-4,8-9,11-12,17H2,1H3,(H,18,19). The van der Waals surface area contributed by atoms with Crippen LogP contribution < -0.4 is 11.1 Å². The van der Waals surface area contributed by atoms with Gasteiger partial charge in [0.05, 0.1) is 6.42 Å². The minimum Gasteiger partial charge on any atom is -0.399 e. The maximum Gasteiger partial charge on any atom is 0.224 e. The van der Waals surface area contributed by atoms with Gasteiger partial charge in [-0.05, 0) is 36.8 Å². The van der Waals surface area contributed by atoms with Crippen LogP contribution in [0, 0.1) is 0 Å². The molecule has 0 heterocycles. The molecule has 1 aliphatic rings. The van der Waals surface area contributed by atoms with Gasteiger partial charge in [0.25, 0.3) is 0 Å². The van der Waals surface area contributed by atoms with Gasteiger partial charge in [-0.1, -0.05) is 31.4 Å². The first kappa shape index (κ1) is 15.2. The van der Waals surface area contributed by atoms with Gasteiger partial charge in [-0.25, -0.2) is 0 Å². The Morgan fingerprint density at radius 1 is 1.35 bits per heavy atom. The zero-order valence-corrected chi connectivity index (χ0v) is 13.0. The van der Waals surface area contributed by atoms with Crippen LogP contribution in [0.5, 0.6) is 0 Å². The van der Waals surface area contributed by atoms with Gasteiger partial charge < -0.3 is 11.1 Å². The zero-order valence-electron chi connectivity index (χ0n) is 12.2. The van der Waals surface area contributed by atoms with Crippen LogP contribution >= 0.6 is 11.8 Å². The molecule has 1 aromatic rings. The fourth-order valence-electron chi connectivity index (χ4n) is 2.86. The largest absolute Gasteiger partial charge is 0.399 e. The summed E-state index contributed by atoms with van der Waals surface area (Å²) in [7, 11) is 0. The third kappa shape index (κ3) is 4.17. The van der Waals surface area contributed by atoms with Gasteiger partial charge in [0.1, 0.15) is 0 Å². The maximum absolute atomic E-state index is 12.1. The molecule has 0 atom stereocenters. The highest BCUT2D eigenvalue weighted by atomic mass is 32.2. The van der Waals surface area contributed by atoms with Crippen molar-refractivity contribution in [2.75, 3.05) is 18.5 Å². The van der Waals surface area contributed by atoms with Crippen molar-refractivity contribution in [1.82, 2.24) is 5.32 Å². The summed E-state index contributed by atoms with van der Waals surface area (Å²) in [6.07, 6.45) is 8.90. The van der Waals surface area contributed by atoms with E-state index in [1.165, 1.54) is 32.1 Å². The van der Waals surface area contributed by atoms with Crippen LogP contribution in [0.3, 0.4) is 0 Å². The van der Waals surface area contributed by atoms with E-state index in [4.69, 9.17) is 5.73 Å². The van der Waals surface area contributed by atoms with Crippen molar-refractivity contribution in [3.63, 3.8) is 0 Å². The summed E-state index contributed by atoms with van der Waals surface area (Å²) in [5.41, 5.74) is 7.42. The molecule has 2 rings (SSSR count). The molecule has 1 aromatic carbocycles. The Labute approximate surface area is 125 Å². The number of nitrogen functional groups attached to an aromatic ring is 1. The SMILES string of the molecule is CSC1(CNC(=O)Cc2cccc(N)c2)CCCCC1. The van der Waals surface area contributed by atoms with Crippen LogP contribution in [0.2, 0.25) is 0 Å². The Kier molecular flexibility index (Phi) is 5.35. The summed E-state index contributed by atoms with van der Waals surface area (Å²) >= 11 is 1.91. The van der Waals surface area contributed by atoms with Crippen molar-refractivity contribution in [2.45, 2.75) is 43.3 Å². The number of nitrogens with two attached hydrogens (primary N) is 1. The van der Waals surface area contributed by atoms with E-state index in [1.807, 2.05) is 36.0 Å². The molecule has 4 heteroatoms. The summed E-state index contributed by atoms with van der Waals surface area (Å²) in [6, 6.07) is 7.54. The molecule has 1 aliphatic carbocycles. The minimum atomic E-state index is 0.0922. The molecule has 0 aliphatic heterocycles. The van der Waals surface area contributed by atoms with Crippen molar-refractivity contribution < 1.29 is 4.79 Å². The quantitative estimate of drug-likeness (QED) is 0.820. The monoisotopic (exact) mass is 292 g/mol. The van der Waals surface area contributed by atoms with Crippen LogP contribution in [-0.2, 0) is 11.2 Å². The van der Waals surface area contributed by atoms with E-state index < -0.39 is 0 Å². The molecule has 20 heavy (non-hydrogen) atoms. The second-order valence-electron chi connectivity index (χ2n) is 5.65. The number of carbonyl (C=O) groups is 1. The van der Waals surface area contributed by atoms with E-state index >= 15 is 0 Å². The van der Waals surface area contributed by atoms with E-state index in [1.54, 1.807) is 0 Å². The number of hydrogen-bond acceptors (Lipinski definition) is 3. The fraction of sp³-hybridized carbons (Fsp3) is 0.562. The Hall–Kier alpha value is -1.16. The number of benzene rings is 1. The van der Waals surface area contributed by atoms with E-state index in [-0.39, 0.29) is 10.7 Å².